The molecule has 1 atom stereocenters. The van der Waals surface area contributed by atoms with Crippen molar-refractivity contribution in [3.8, 4) is 0 Å². The van der Waals surface area contributed by atoms with E-state index in [4.69, 9.17) is 5.11 Å². The van der Waals surface area contributed by atoms with Gasteiger partial charge in [-0.2, -0.15) is 0 Å². The first kappa shape index (κ1) is 22.3. The maximum atomic E-state index is 13.8. The second kappa shape index (κ2) is 9.32. The molecule has 0 aliphatic heterocycles. The standard InChI is InChI=1S/C25H20F2N2O4/c26-17-11-16(12-18(27)13-17)24(33)22(25-28-19-6-1-2-7-20(19)29-25)23(32)15-5-3-4-14(10-15)21(31)8-9-30/h1-7,10-13,21,30-31,33H,8-9H2,(H,28,29)/b24-22+. The van der Waals surface area contributed by atoms with Crippen molar-refractivity contribution in [2.24, 2.45) is 0 Å². The molecule has 4 N–H and O–H groups in total. The number of hydrogen-bond acceptors (Lipinski definition) is 5. The van der Waals surface area contributed by atoms with Crippen molar-refractivity contribution < 1.29 is 28.9 Å². The Hall–Kier alpha value is -3.88. The van der Waals surface area contributed by atoms with Gasteiger partial charge in [0.15, 0.2) is 0 Å². The molecule has 0 saturated carbocycles. The number of allylic oxidation sites excluding steroid dienone is 1. The Labute approximate surface area is 187 Å². The summed E-state index contributed by atoms with van der Waals surface area (Å²) < 4.78 is 27.7. The molecule has 1 unspecified atom stereocenters. The van der Waals surface area contributed by atoms with Gasteiger partial charge in [-0.05, 0) is 35.9 Å². The van der Waals surface area contributed by atoms with E-state index in [-0.39, 0.29) is 35.6 Å². The third-order valence-electron chi connectivity index (χ3n) is 5.16. The number of imidazole rings is 1. The number of fused-ring (bicyclic) bond motifs is 1. The molecule has 1 heterocycles. The number of nitrogens with zero attached hydrogens (tertiary/aromatic N) is 1. The summed E-state index contributed by atoms with van der Waals surface area (Å²) in [7, 11) is 0. The molecular weight excluding hydrogens is 430 g/mol. The smallest absolute Gasteiger partial charge is 0.200 e. The van der Waals surface area contributed by atoms with Gasteiger partial charge in [0.2, 0.25) is 5.78 Å². The summed E-state index contributed by atoms with van der Waals surface area (Å²) in [5.74, 6) is -3.14. The maximum Gasteiger partial charge on any atom is 0.200 e. The number of rotatable bonds is 7. The fraction of sp³-hybridized carbons (Fsp3) is 0.120. The molecule has 0 amide bonds. The average molecular weight is 450 g/mol. The molecule has 3 aromatic carbocycles. The molecule has 33 heavy (non-hydrogen) atoms. The van der Waals surface area contributed by atoms with Gasteiger partial charge in [0, 0.05) is 30.2 Å². The summed E-state index contributed by atoms with van der Waals surface area (Å²) in [5, 5.41) is 30.3. The number of nitrogens with one attached hydrogen (secondary N) is 1. The molecule has 0 saturated heterocycles. The average Bonchev–Trinajstić information content (AvgIpc) is 3.22. The van der Waals surface area contributed by atoms with Crippen molar-refractivity contribution in [2.45, 2.75) is 12.5 Å². The van der Waals surface area contributed by atoms with E-state index in [0.29, 0.717) is 22.7 Å². The zero-order chi connectivity index (χ0) is 23.5. The van der Waals surface area contributed by atoms with Gasteiger partial charge in [0.25, 0.3) is 0 Å². The van der Waals surface area contributed by atoms with E-state index in [2.05, 4.69) is 9.97 Å². The summed E-state index contributed by atoms with van der Waals surface area (Å²) in [6.07, 6.45) is -0.912. The van der Waals surface area contributed by atoms with Crippen LogP contribution in [0.4, 0.5) is 8.78 Å². The van der Waals surface area contributed by atoms with Crippen LogP contribution in [0.1, 0.15) is 39.8 Å². The highest BCUT2D eigenvalue weighted by Crippen LogP contribution is 2.30. The molecule has 0 radical (unpaired) electrons. The summed E-state index contributed by atoms with van der Waals surface area (Å²) in [6.45, 7) is -0.241. The highest BCUT2D eigenvalue weighted by Gasteiger charge is 2.25. The van der Waals surface area contributed by atoms with Crippen LogP contribution in [0.2, 0.25) is 0 Å². The van der Waals surface area contributed by atoms with Crippen molar-refractivity contribution in [3.63, 3.8) is 0 Å². The summed E-state index contributed by atoms with van der Waals surface area (Å²) in [4.78, 5) is 20.9. The van der Waals surface area contributed by atoms with Crippen LogP contribution < -0.4 is 0 Å². The Morgan fingerprint density at radius 3 is 2.39 bits per heavy atom. The van der Waals surface area contributed by atoms with E-state index in [1.807, 2.05) is 0 Å². The second-order valence-electron chi connectivity index (χ2n) is 7.47. The molecule has 1 aromatic heterocycles. The van der Waals surface area contributed by atoms with Crippen molar-refractivity contribution in [2.75, 3.05) is 6.61 Å². The summed E-state index contributed by atoms with van der Waals surface area (Å²) >= 11 is 0. The monoisotopic (exact) mass is 450 g/mol. The lowest BCUT2D eigenvalue weighted by molar-refractivity contribution is 0.105. The normalized spacial score (nSPS) is 13.1. The van der Waals surface area contributed by atoms with Crippen molar-refractivity contribution in [3.05, 3.63) is 101 Å². The largest absolute Gasteiger partial charge is 0.506 e. The number of aromatic amines is 1. The maximum absolute atomic E-state index is 13.8. The van der Waals surface area contributed by atoms with E-state index in [1.54, 1.807) is 36.4 Å². The molecule has 0 bridgehead atoms. The molecule has 0 fully saturated rings. The topological polar surface area (TPSA) is 106 Å². The van der Waals surface area contributed by atoms with Crippen LogP contribution >= 0.6 is 0 Å². The lowest BCUT2D eigenvalue weighted by Gasteiger charge is -2.12. The number of carbonyl (C=O) groups excluding carboxylic acids is 1. The van der Waals surface area contributed by atoms with E-state index in [1.165, 1.54) is 12.1 Å². The van der Waals surface area contributed by atoms with Crippen LogP contribution in [0.3, 0.4) is 0 Å². The molecule has 4 aromatic rings. The minimum atomic E-state index is -0.993. The molecular formula is C25H20F2N2O4. The first-order valence-electron chi connectivity index (χ1n) is 10.2. The highest BCUT2D eigenvalue weighted by molar-refractivity contribution is 6.33. The third-order valence-corrected chi connectivity index (χ3v) is 5.16. The number of H-pyrrole nitrogens is 1. The third kappa shape index (κ3) is 4.67. The van der Waals surface area contributed by atoms with Crippen molar-refractivity contribution in [1.82, 2.24) is 9.97 Å². The van der Waals surface area contributed by atoms with Gasteiger partial charge < -0.3 is 20.3 Å². The van der Waals surface area contributed by atoms with Crippen LogP contribution in [0.15, 0.2) is 66.7 Å². The van der Waals surface area contributed by atoms with Crippen LogP contribution in [0.25, 0.3) is 22.4 Å². The first-order valence-corrected chi connectivity index (χ1v) is 10.2. The lowest BCUT2D eigenvalue weighted by Crippen LogP contribution is -2.09. The molecule has 0 spiro atoms. The predicted octanol–water partition coefficient (Wildman–Crippen LogP) is 4.57. The number of halogens is 2. The van der Waals surface area contributed by atoms with Crippen LogP contribution in [-0.4, -0.2) is 37.7 Å². The molecule has 0 aliphatic carbocycles. The number of para-hydroxylation sites is 2. The molecule has 0 aliphatic rings. The zero-order valence-electron chi connectivity index (χ0n) is 17.3. The van der Waals surface area contributed by atoms with Crippen molar-refractivity contribution in [1.29, 1.82) is 0 Å². The van der Waals surface area contributed by atoms with Crippen molar-refractivity contribution >= 4 is 28.1 Å². The minimum Gasteiger partial charge on any atom is -0.506 e. The number of aromatic nitrogens is 2. The Morgan fingerprint density at radius 1 is 0.970 bits per heavy atom. The summed E-state index contributed by atoms with van der Waals surface area (Å²) in [5.41, 5.74) is 1.13. The Bertz CT molecular complexity index is 1310. The van der Waals surface area contributed by atoms with Crippen LogP contribution in [0, 0.1) is 11.6 Å². The van der Waals surface area contributed by atoms with Gasteiger partial charge in [-0.3, -0.25) is 4.79 Å². The molecule has 6 nitrogen and oxygen atoms in total. The number of aliphatic hydroxyl groups excluding tert-OH is 3. The number of aliphatic hydroxyl groups is 3. The van der Waals surface area contributed by atoms with Gasteiger partial charge in [-0.25, -0.2) is 13.8 Å². The van der Waals surface area contributed by atoms with E-state index < -0.39 is 29.3 Å². The number of hydrogen-bond donors (Lipinski definition) is 4. The predicted molar refractivity (Wildman–Crippen MR) is 119 cm³/mol. The Morgan fingerprint density at radius 2 is 1.70 bits per heavy atom. The van der Waals surface area contributed by atoms with Gasteiger partial charge in [-0.1, -0.05) is 30.3 Å². The van der Waals surface area contributed by atoms with Gasteiger partial charge in [0.05, 0.1) is 17.1 Å². The fourth-order valence-electron chi connectivity index (χ4n) is 3.55. The number of ketones is 1. The van der Waals surface area contributed by atoms with Gasteiger partial charge >= 0.3 is 0 Å². The van der Waals surface area contributed by atoms with Gasteiger partial charge in [0.1, 0.15) is 28.8 Å². The summed E-state index contributed by atoms with van der Waals surface area (Å²) in [6, 6.07) is 15.5. The van der Waals surface area contributed by atoms with Gasteiger partial charge in [-0.15, -0.1) is 0 Å². The molecule has 168 valence electrons. The number of benzene rings is 3. The van der Waals surface area contributed by atoms with E-state index >= 15 is 0 Å². The quantitative estimate of drug-likeness (QED) is 0.188. The minimum absolute atomic E-state index is 0.0182. The van der Waals surface area contributed by atoms with Crippen LogP contribution in [-0.2, 0) is 0 Å². The SMILES string of the molecule is O=C(/C(=C(\O)c1cc(F)cc(F)c1)c1nc2ccccc2[nH]1)c1cccc(C(O)CCO)c1. The van der Waals surface area contributed by atoms with Crippen LogP contribution in [0.5, 0.6) is 0 Å². The molecule has 4 rings (SSSR count). The van der Waals surface area contributed by atoms with E-state index in [0.717, 1.165) is 12.1 Å². The highest BCUT2D eigenvalue weighted by atomic mass is 19.1. The number of carbonyl (C=O) groups is 1. The fourth-order valence-corrected chi connectivity index (χ4v) is 3.55. The first-order chi connectivity index (χ1) is 15.9. The number of Topliss-reactive ketones (excluding diaryl/α,β-unsaturated/α-hetero) is 1. The molecule has 8 heteroatoms. The Balaban J connectivity index is 1.89. The second-order valence-corrected chi connectivity index (χ2v) is 7.47. The lowest BCUT2D eigenvalue weighted by atomic mass is 9.96. The van der Waals surface area contributed by atoms with E-state index in [9.17, 15) is 23.8 Å². The Kier molecular flexibility index (Phi) is 6.30. The zero-order valence-corrected chi connectivity index (χ0v) is 17.3.